The summed E-state index contributed by atoms with van der Waals surface area (Å²) in [7, 11) is 0. The van der Waals surface area contributed by atoms with E-state index in [0.29, 0.717) is 5.52 Å². The Balaban J connectivity index is 2.29. The summed E-state index contributed by atoms with van der Waals surface area (Å²) in [5.41, 5.74) is -0.288. The highest BCUT2D eigenvalue weighted by Gasteiger charge is 2.18. The van der Waals surface area contributed by atoms with Crippen molar-refractivity contribution in [2.45, 2.75) is 6.92 Å². The first-order valence-corrected chi connectivity index (χ1v) is 6.25. The van der Waals surface area contributed by atoms with Crippen molar-refractivity contribution in [2.24, 2.45) is 0 Å². The molecule has 10 nitrogen and oxygen atoms in total. The molecule has 2 heterocycles. The Kier molecular flexibility index (Phi) is 3.05. The van der Waals surface area contributed by atoms with E-state index in [4.69, 9.17) is 4.74 Å². The first kappa shape index (κ1) is 13.7. The third kappa shape index (κ3) is 2.06. The lowest BCUT2D eigenvalue weighted by molar-refractivity contribution is -0.384. The average Bonchev–Trinajstić information content (AvgIpc) is 2.93. The molecule has 3 aromatic rings. The molecular formula is C12H9N5O5. The van der Waals surface area contributed by atoms with E-state index in [-0.39, 0.29) is 29.3 Å². The zero-order chi connectivity index (χ0) is 15.9. The molecule has 1 N–H and O–H groups in total. The van der Waals surface area contributed by atoms with Gasteiger partial charge >= 0.3 is 5.97 Å². The van der Waals surface area contributed by atoms with Gasteiger partial charge in [0.2, 0.25) is 5.65 Å². The molecule has 2 aromatic heterocycles. The minimum Gasteiger partial charge on any atom is -0.460 e. The van der Waals surface area contributed by atoms with Crippen LogP contribution in [0.15, 0.2) is 23.0 Å². The fourth-order valence-electron chi connectivity index (χ4n) is 2.01. The minimum atomic E-state index is -0.749. The number of nitrogens with one attached hydrogen (secondary N) is 1. The second-order valence-electron chi connectivity index (χ2n) is 4.30. The van der Waals surface area contributed by atoms with Gasteiger partial charge in [-0.1, -0.05) is 0 Å². The zero-order valence-corrected chi connectivity index (χ0v) is 11.3. The van der Waals surface area contributed by atoms with E-state index in [0.717, 1.165) is 4.52 Å². The van der Waals surface area contributed by atoms with E-state index in [1.54, 1.807) is 6.92 Å². The second-order valence-corrected chi connectivity index (χ2v) is 4.30. The molecular weight excluding hydrogens is 294 g/mol. The van der Waals surface area contributed by atoms with E-state index < -0.39 is 16.5 Å². The van der Waals surface area contributed by atoms with Crippen LogP contribution >= 0.6 is 0 Å². The summed E-state index contributed by atoms with van der Waals surface area (Å²) < 4.78 is 5.94. The maximum absolute atomic E-state index is 12.0. The Hall–Kier alpha value is -3.30. The fourth-order valence-corrected chi connectivity index (χ4v) is 2.01. The topological polar surface area (TPSA) is 132 Å². The number of carbonyl (C=O) groups excluding carboxylic acids is 1. The van der Waals surface area contributed by atoms with Crippen molar-refractivity contribution >= 4 is 28.3 Å². The maximum Gasteiger partial charge on any atom is 0.378 e. The number of carbonyl (C=O) groups is 1. The standard InChI is InChI=1S/C12H9N5O5/c1-2-22-12(19)9-14-10-11(18)13-7-5-6(17(20)21)3-4-8(7)16(10)15-9/h3-5H,2H2,1H3,(H,13,18). The lowest BCUT2D eigenvalue weighted by Crippen LogP contribution is -2.11. The molecule has 112 valence electrons. The normalized spacial score (nSPS) is 11.0. The quantitative estimate of drug-likeness (QED) is 0.426. The van der Waals surface area contributed by atoms with Gasteiger partial charge in [0, 0.05) is 12.1 Å². The van der Waals surface area contributed by atoms with Gasteiger partial charge in [0.25, 0.3) is 17.1 Å². The van der Waals surface area contributed by atoms with Crippen molar-refractivity contribution in [3.63, 3.8) is 0 Å². The maximum atomic E-state index is 12.0. The van der Waals surface area contributed by atoms with E-state index in [9.17, 15) is 19.7 Å². The third-order valence-electron chi connectivity index (χ3n) is 2.94. The van der Waals surface area contributed by atoms with Gasteiger partial charge in [-0.2, -0.15) is 4.98 Å². The molecule has 0 atom stereocenters. The molecule has 3 rings (SSSR count). The molecule has 0 unspecified atom stereocenters. The smallest absolute Gasteiger partial charge is 0.378 e. The van der Waals surface area contributed by atoms with Gasteiger partial charge < -0.3 is 9.72 Å². The molecule has 0 radical (unpaired) electrons. The monoisotopic (exact) mass is 303 g/mol. The van der Waals surface area contributed by atoms with Crippen molar-refractivity contribution in [3.8, 4) is 0 Å². The summed E-state index contributed by atoms with van der Waals surface area (Å²) in [5.74, 6) is -1.00. The number of aromatic amines is 1. The van der Waals surface area contributed by atoms with E-state index in [2.05, 4.69) is 15.1 Å². The molecule has 0 saturated heterocycles. The Morgan fingerprint density at radius 1 is 1.50 bits per heavy atom. The van der Waals surface area contributed by atoms with Gasteiger partial charge in [0.15, 0.2) is 0 Å². The van der Waals surface area contributed by atoms with Crippen molar-refractivity contribution in [1.29, 1.82) is 0 Å². The van der Waals surface area contributed by atoms with E-state index in [1.807, 2.05) is 0 Å². The van der Waals surface area contributed by atoms with E-state index in [1.165, 1.54) is 18.2 Å². The van der Waals surface area contributed by atoms with Crippen LogP contribution in [0.2, 0.25) is 0 Å². The lowest BCUT2D eigenvalue weighted by Gasteiger charge is -1.99. The number of fused-ring (bicyclic) bond motifs is 3. The van der Waals surface area contributed by atoms with Gasteiger partial charge in [0.1, 0.15) is 0 Å². The van der Waals surface area contributed by atoms with Crippen molar-refractivity contribution in [3.05, 3.63) is 44.5 Å². The molecule has 0 fully saturated rings. The number of hydrogen-bond donors (Lipinski definition) is 1. The number of ether oxygens (including phenoxy) is 1. The fraction of sp³-hybridized carbons (Fsp3) is 0.167. The van der Waals surface area contributed by atoms with Crippen LogP contribution in [-0.4, -0.2) is 37.1 Å². The van der Waals surface area contributed by atoms with Gasteiger partial charge in [-0.15, -0.1) is 5.10 Å². The van der Waals surface area contributed by atoms with Gasteiger partial charge in [-0.05, 0) is 13.0 Å². The predicted molar refractivity (Wildman–Crippen MR) is 73.7 cm³/mol. The zero-order valence-electron chi connectivity index (χ0n) is 11.3. The molecule has 0 aliphatic carbocycles. The van der Waals surface area contributed by atoms with Crippen LogP contribution < -0.4 is 5.56 Å². The molecule has 0 saturated carbocycles. The lowest BCUT2D eigenvalue weighted by atomic mass is 10.2. The number of nitro benzene ring substituents is 1. The van der Waals surface area contributed by atoms with Gasteiger partial charge in [0.05, 0.1) is 22.6 Å². The summed E-state index contributed by atoms with van der Waals surface area (Å²) in [6, 6.07) is 3.90. The van der Waals surface area contributed by atoms with Crippen LogP contribution in [0, 0.1) is 10.1 Å². The van der Waals surface area contributed by atoms with Crippen LogP contribution in [0.5, 0.6) is 0 Å². The second kappa shape index (κ2) is 4.91. The first-order valence-electron chi connectivity index (χ1n) is 6.25. The van der Waals surface area contributed by atoms with Crippen molar-refractivity contribution in [2.75, 3.05) is 6.61 Å². The summed E-state index contributed by atoms with van der Waals surface area (Å²) >= 11 is 0. The third-order valence-corrected chi connectivity index (χ3v) is 2.94. The van der Waals surface area contributed by atoms with Crippen molar-refractivity contribution in [1.82, 2.24) is 19.6 Å². The largest absolute Gasteiger partial charge is 0.460 e. The van der Waals surface area contributed by atoms with Gasteiger partial charge in [-0.3, -0.25) is 14.9 Å². The summed E-state index contributed by atoms with van der Waals surface area (Å²) in [4.78, 5) is 40.1. The number of benzene rings is 1. The van der Waals surface area contributed by atoms with Crippen LogP contribution in [0.1, 0.15) is 17.5 Å². The molecule has 0 bridgehead atoms. The molecule has 22 heavy (non-hydrogen) atoms. The van der Waals surface area contributed by atoms with Crippen LogP contribution in [0.4, 0.5) is 5.69 Å². The number of nitro groups is 1. The summed E-state index contributed by atoms with van der Waals surface area (Å²) in [6.07, 6.45) is 0. The SMILES string of the molecule is CCOC(=O)c1nc2c(=O)[nH]c3cc([N+](=O)[O-])ccc3n2n1. The van der Waals surface area contributed by atoms with Gasteiger partial charge in [-0.25, -0.2) is 9.31 Å². The Morgan fingerprint density at radius 2 is 2.27 bits per heavy atom. The molecule has 1 aromatic carbocycles. The Bertz CT molecular complexity index is 973. The predicted octanol–water partition coefficient (Wildman–Crippen LogP) is 0.656. The number of aromatic nitrogens is 4. The highest BCUT2D eigenvalue weighted by atomic mass is 16.6. The van der Waals surface area contributed by atoms with E-state index >= 15 is 0 Å². The number of rotatable bonds is 3. The highest BCUT2D eigenvalue weighted by molar-refractivity contribution is 5.86. The number of esters is 1. The first-order chi connectivity index (χ1) is 10.5. The van der Waals surface area contributed by atoms with Crippen LogP contribution in [0.3, 0.4) is 0 Å². The molecule has 10 heteroatoms. The average molecular weight is 303 g/mol. The minimum absolute atomic E-state index is 0.0931. The van der Waals surface area contributed by atoms with Crippen LogP contribution in [-0.2, 0) is 4.74 Å². The summed E-state index contributed by atoms with van der Waals surface area (Å²) in [6.45, 7) is 1.78. The van der Waals surface area contributed by atoms with Crippen LogP contribution in [0.25, 0.3) is 16.7 Å². The molecule has 0 aliphatic rings. The number of nitrogens with zero attached hydrogens (tertiary/aromatic N) is 4. The van der Waals surface area contributed by atoms with Crippen molar-refractivity contribution < 1.29 is 14.5 Å². The molecule has 0 aliphatic heterocycles. The number of non-ortho nitro benzene ring substituents is 1. The summed E-state index contributed by atoms with van der Waals surface area (Å²) in [5, 5.41) is 14.7. The Labute approximate surface area is 121 Å². The number of hydrogen-bond acceptors (Lipinski definition) is 7. The molecule has 0 spiro atoms. The Morgan fingerprint density at radius 3 is 2.95 bits per heavy atom. The highest BCUT2D eigenvalue weighted by Crippen LogP contribution is 2.18. The number of H-pyrrole nitrogens is 1. The molecule has 0 amide bonds.